The normalized spacial score (nSPS) is 17.8. The van der Waals surface area contributed by atoms with E-state index in [4.69, 9.17) is 5.26 Å². The molecule has 0 bridgehead atoms. The van der Waals surface area contributed by atoms with Gasteiger partial charge < -0.3 is 15.0 Å². The third-order valence-electron chi connectivity index (χ3n) is 5.83. The quantitative estimate of drug-likeness (QED) is 0.438. The molecule has 3 rings (SSSR count). The Kier molecular flexibility index (Phi) is 7.74. The van der Waals surface area contributed by atoms with Crippen LogP contribution in [-0.2, 0) is 25.3 Å². The minimum absolute atomic E-state index is 0.0688. The van der Waals surface area contributed by atoms with E-state index < -0.39 is 61.8 Å². The molecule has 2 atom stereocenters. The second kappa shape index (κ2) is 10.4. The number of ether oxygens (including phenoxy) is 1. The number of carbonyl (C=O) groups excluding carboxylic acids is 3. The zero-order valence-electron chi connectivity index (χ0n) is 19.4. The molecular formula is C24H23F2N3O6S. The molecule has 2 unspecified atom stereocenters. The zero-order valence-corrected chi connectivity index (χ0v) is 20.2. The fourth-order valence-electron chi connectivity index (χ4n) is 4.03. The number of hydrogen-bond acceptors (Lipinski definition) is 7. The van der Waals surface area contributed by atoms with Crippen LogP contribution in [0.5, 0.6) is 0 Å². The van der Waals surface area contributed by atoms with Crippen molar-refractivity contribution in [2.45, 2.75) is 35.5 Å². The lowest BCUT2D eigenvalue weighted by atomic mass is 10.1. The minimum atomic E-state index is -4.39. The van der Waals surface area contributed by atoms with Gasteiger partial charge in [0.25, 0.3) is 11.8 Å². The number of esters is 1. The molecule has 1 aliphatic rings. The first-order valence-electron chi connectivity index (χ1n) is 10.8. The van der Waals surface area contributed by atoms with Crippen LogP contribution >= 0.6 is 0 Å². The second-order valence-corrected chi connectivity index (χ2v) is 10.4. The number of amides is 2. The van der Waals surface area contributed by atoms with E-state index in [1.54, 1.807) is 6.07 Å². The van der Waals surface area contributed by atoms with Gasteiger partial charge in [-0.15, -0.1) is 0 Å². The van der Waals surface area contributed by atoms with Gasteiger partial charge in [-0.3, -0.25) is 9.59 Å². The number of nitriles is 1. The summed E-state index contributed by atoms with van der Waals surface area (Å²) in [7, 11) is -3.19. The lowest BCUT2D eigenvalue weighted by molar-refractivity contribution is -0.124. The van der Waals surface area contributed by atoms with Crippen molar-refractivity contribution in [1.82, 2.24) is 10.2 Å². The highest BCUT2D eigenvalue weighted by atomic mass is 32.2. The fourth-order valence-corrected chi connectivity index (χ4v) is 6.00. The van der Waals surface area contributed by atoms with E-state index in [1.165, 1.54) is 43.5 Å². The van der Waals surface area contributed by atoms with E-state index >= 15 is 0 Å². The van der Waals surface area contributed by atoms with Crippen LogP contribution in [-0.4, -0.2) is 62.6 Å². The first kappa shape index (κ1) is 26.7. The van der Waals surface area contributed by atoms with E-state index in [9.17, 15) is 31.6 Å². The van der Waals surface area contributed by atoms with Crippen LogP contribution in [0, 0.1) is 11.3 Å². The third-order valence-corrected chi connectivity index (χ3v) is 8.01. The molecule has 0 saturated carbocycles. The van der Waals surface area contributed by atoms with Gasteiger partial charge in [-0.1, -0.05) is 18.2 Å². The number of likely N-dealkylation sites (tertiary alicyclic amines) is 1. The Morgan fingerprint density at radius 3 is 2.33 bits per heavy atom. The van der Waals surface area contributed by atoms with Crippen LogP contribution < -0.4 is 5.32 Å². The summed E-state index contributed by atoms with van der Waals surface area (Å²) in [5.41, 5.74) is -0.436. The van der Waals surface area contributed by atoms with Gasteiger partial charge in [0.1, 0.15) is 12.6 Å². The summed E-state index contributed by atoms with van der Waals surface area (Å²) < 4.78 is 59.8. The highest BCUT2D eigenvalue weighted by molar-refractivity contribution is 7.92. The highest BCUT2D eigenvalue weighted by Crippen LogP contribution is 2.36. The third kappa shape index (κ3) is 5.36. The van der Waals surface area contributed by atoms with Gasteiger partial charge in [-0.2, -0.15) is 5.26 Å². The molecule has 1 fully saturated rings. The lowest BCUT2D eigenvalue weighted by Crippen LogP contribution is -2.46. The van der Waals surface area contributed by atoms with E-state index in [1.807, 2.05) is 0 Å². The summed E-state index contributed by atoms with van der Waals surface area (Å²) in [6, 6.07) is 10.5. The number of methoxy groups -OCH3 is 1. The molecule has 1 heterocycles. The van der Waals surface area contributed by atoms with Gasteiger partial charge in [0.05, 0.1) is 28.9 Å². The first-order valence-corrected chi connectivity index (χ1v) is 12.3. The number of carbonyl (C=O) groups is 3. The summed E-state index contributed by atoms with van der Waals surface area (Å²) in [4.78, 5) is 38.1. The largest absolute Gasteiger partial charge is 0.465 e. The standard InChI is InChI=1S/C24H23F2N3O6S/c1-24(25,26)18-5-3-4-6-20(18)36(33,34)17-13-19(21(30)28-12-11-27)29(14-17)22(31)15-7-9-16(10-8-15)23(32)35-2/h3-10,17,19H,12-14H2,1-2H3,(H,28,30). The van der Waals surface area contributed by atoms with Crippen molar-refractivity contribution in [2.24, 2.45) is 0 Å². The van der Waals surface area contributed by atoms with E-state index in [-0.39, 0.29) is 24.1 Å². The van der Waals surface area contributed by atoms with Gasteiger partial charge in [0.15, 0.2) is 9.84 Å². The number of hydrogen-bond donors (Lipinski definition) is 1. The molecule has 12 heteroatoms. The average Bonchev–Trinajstić information content (AvgIpc) is 3.32. The van der Waals surface area contributed by atoms with Crippen LogP contribution in [0.15, 0.2) is 53.4 Å². The van der Waals surface area contributed by atoms with Crippen molar-refractivity contribution in [3.8, 4) is 6.07 Å². The number of benzene rings is 2. The molecule has 2 aromatic carbocycles. The fraction of sp³-hybridized carbons (Fsp3) is 0.333. The molecule has 0 spiro atoms. The zero-order chi connectivity index (χ0) is 26.7. The number of rotatable bonds is 7. The Morgan fingerprint density at radius 1 is 1.14 bits per heavy atom. The molecule has 1 N–H and O–H groups in total. The lowest BCUT2D eigenvalue weighted by Gasteiger charge is -2.23. The molecule has 1 aliphatic heterocycles. The number of halogens is 2. The van der Waals surface area contributed by atoms with Crippen LogP contribution in [0.25, 0.3) is 0 Å². The van der Waals surface area contributed by atoms with E-state index in [2.05, 4.69) is 10.1 Å². The number of sulfone groups is 1. The molecule has 36 heavy (non-hydrogen) atoms. The molecule has 2 amide bonds. The molecule has 1 saturated heterocycles. The first-order chi connectivity index (χ1) is 16.9. The Morgan fingerprint density at radius 2 is 1.75 bits per heavy atom. The maximum absolute atomic E-state index is 14.2. The summed E-state index contributed by atoms with van der Waals surface area (Å²) in [5.74, 6) is -5.51. The predicted octanol–water partition coefficient (Wildman–Crippen LogP) is 2.28. The summed E-state index contributed by atoms with van der Waals surface area (Å²) in [6.45, 7) is -0.219. The van der Waals surface area contributed by atoms with Crippen molar-refractivity contribution >= 4 is 27.6 Å². The molecule has 0 aliphatic carbocycles. The smallest absolute Gasteiger partial charge is 0.337 e. The van der Waals surface area contributed by atoms with Crippen molar-refractivity contribution < 1.29 is 36.3 Å². The molecule has 190 valence electrons. The SMILES string of the molecule is COC(=O)c1ccc(C(=O)N2CC(S(=O)(=O)c3ccccc3C(C)(F)F)CC2C(=O)NCC#N)cc1. The second-order valence-electron chi connectivity index (χ2n) is 8.21. The average molecular weight is 520 g/mol. The predicted molar refractivity (Wildman–Crippen MR) is 123 cm³/mol. The summed E-state index contributed by atoms with van der Waals surface area (Å²) in [5, 5.41) is 9.76. The number of nitrogens with zero attached hydrogens (tertiary/aromatic N) is 2. The van der Waals surface area contributed by atoms with Crippen molar-refractivity contribution in [2.75, 3.05) is 20.2 Å². The maximum atomic E-state index is 14.2. The summed E-state index contributed by atoms with van der Waals surface area (Å²) in [6.07, 6.45) is -0.352. The van der Waals surface area contributed by atoms with Gasteiger partial charge >= 0.3 is 5.97 Å². The van der Waals surface area contributed by atoms with Crippen molar-refractivity contribution in [1.29, 1.82) is 5.26 Å². The molecule has 2 aromatic rings. The molecule has 0 aromatic heterocycles. The van der Waals surface area contributed by atoms with Crippen LogP contribution in [0.4, 0.5) is 8.78 Å². The van der Waals surface area contributed by atoms with Crippen LogP contribution in [0.2, 0.25) is 0 Å². The van der Waals surface area contributed by atoms with Crippen molar-refractivity contribution in [3.05, 3.63) is 65.2 Å². The summed E-state index contributed by atoms with van der Waals surface area (Å²) >= 11 is 0. The van der Waals surface area contributed by atoms with Crippen molar-refractivity contribution in [3.63, 3.8) is 0 Å². The minimum Gasteiger partial charge on any atom is -0.465 e. The van der Waals surface area contributed by atoms with Gasteiger partial charge in [-0.05, 0) is 36.8 Å². The van der Waals surface area contributed by atoms with E-state index in [0.29, 0.717) is 6.92 Å². The molecular weight excluding hydrogens is 496 g/mol. The Balaban J connectivity index is 1.98. The Bertz CT molecular complexity index is 1320. The molecule has 0 radical (unpaired) electrons. The monoisotopic (exact) mass is 519 g/mol. The maximum Gasteiger partial charge on any atom is 0.337 e. The van der Waals surface area contributed by atoms with E-state index in [0.717, 1.165) is 17.0 Å². The van der Waals surface area contributed by atoms with Gasteiger partial charge in [0.2, 0.25) is 5.91 Å². The Labute approximate surface area is 206 Å². The van der Waals surface area contributed by atoms with Gasteiger partial charge in [-0.25, -0.2) is 22.0 Å². The highest BCUT2D eigenvalue weighted by Gasteiger charge is 2.47. The Hall–Kier alpha value is -3.85. The van der Waals surface area contributed by atoms with Gasteiger partial charge in [0, 0.05) is 24.6 Å². The number of nitrogens with one attached hydrogen (secondary N) is 1. The van der Waals surface area contributed by atoms with Crippen LogP contribution in [0.1, 0.15) is 39.6 Å². The number of alkyl halides is 2. The molecule has 9 nitrogen and oxygen atoms in total. The topological polar surface area (TPSA) is 134 Å². The van der Waals surface area contributed by atoms with Crippen LogP contribution in [0.3, 0.4) is 0 Å².